The van der Waals surface area contributed by atoms with Crippen molar-refractivity contribution in [2.75, 3.05) is 0 Å². The summed E-state index contributed by atoms with van der Waals surface area (Å²) in [6, 6.07) is 49.1. The number of halogens is 9. The molecule has 0 saturated heterocycles. The quantitative estimate of drug-likeness (QED) is 0.0425. The van der Waals surface area contributed by atoms with Crippen LogP contribution in [-0.2, 0) is 34.3 Å². The molecule has 0 atom stereocenters. The molecule has 1 aliphatic rings. The van der Waals surface area contributed by atoms with Gasteiger partial charge in [0.05, 0.1) is 21.5 Å². The van der Waals surface area contributed by atoms with Gasteiger partial charge in [-0.05, 0) is 57.3 Å². The van der Waals surface area contributed by atoms with Gasteiger partial charge in [-0.2, -0.15) is 35.5 Å². The van der Waals surface area contributed by atoms with Crippen molar-refractivity contribution in [1.29, 1.82) is 0 Å². The standard InChI is InChI=1S/C40H28N2.CHCl3.2CHF3O3S/c1-41-32-21-7-3-15-26(32)37(27-16-4-8-22-33(27)41)39-30-19-11-13-25-14-12-20-31(36(25)30)40(39)38-28-17-5-9-23-34(28)42(2)35-24-10-6-18-29(35)38;2-1(3)4;2*2-1(3,4)8(5,6)7/h3-24H,1-2H3;1H;2*(H,5,6,7)/q+2;;;/p-2. The highest BCUT2D eigenvalue weighted by atomic mass is 35.6. The molecular weight excluding hydrogens is 925 g/mol. The number of fused-ring (bicyclic) bond motifs is 4. The van der Waals surface area contributed by atoms with E-state index in [0.29, 0.717) is 0 Å². The van der Waals surface area contributed by atoms with Gasteiger partial charge in [-0.3, -0.25) is 0 Å². The first-order chi connectivity index (χ1) is 29.0. The van der Waals surface area contributed by atoms with Crippen LogP contribution < -0.4 is 9.13 Å². The third-order valence-electron chi connectivity index (χ3n) is 9.90. The molecule has 19 heteroatoms. The molecule has 0 saturated carbocycles. The lowest BCUT2D eigenvalue weighted by atomic mass is 9.85. The summed E-state index contributed by atoms with van der Waals surface area (Å²) >= 11 is 14.4. The lowest BCUT2D eigenvalue weighted by Crippen LogP contribution is -2.31. The first-order valence-corrected chi connectivity index (χ1v) is 21.9. The number of para-hydroxylation sites is 4. The predicted molar refractivity (Wildman–Crippen MR) is 227 cm³/mol. The topological polar surface area (TPSA) is 122 Å². The number of alkyl halides is 9. The summed E-state index contributed by atoms with van der Waals surface area (Å²) in [5.74, 6) is 0. The van der Waals surface area contributed by atoms with Crippen LogP contribution in [0, 0.1) is 0 Å². The smallest absolute Gasteiger partial charge is 0.485 e. The second-order valence-corrected chi connectivity index (χ2v) is 18.2. The first-order valence-electron chi connectivity index (χ1n) is 17.8. The minimum Gasteiger partial charge on any atom is -0.741 e. The minimum atomic E-state index is -6.09. The van der Waals surface area contributed by atoms with E-state index in [9.17, 15) is 26.3 Å². The zero-order valence-electron chi connectivity index (χ0n) is 31.8. The molecular formula is C43H29Cl3F6N2O6S2. The van der Waals surface area contributed by atoms with Gasteiger partial charge in [-0.1, -0.05) is 120 Å². The molecule has 6 aromatic carbocycles. The zero-order chi connectivity index (χ0) is 45.5. The first kappa shape index (κ1) is 46.4. The molecule has 322 valence electrons. The van der Waals surface area contributed by atoms with Crippen LogP contribution in [-0.4, -0.2) is 41.3 Å². The Kier molecular flexibility index (Phi) is 13.2. The highest BCUT2D eigenvalue weighted by Crippen LogP contribution is 2.52. The molecule has 0 aliphatic heterocycles. The van der Waals surface area contributed by atoms with Crippen LogP contribution in [0.15, 0.2) is 133 Å². The number of aromatic nitrogens is 2. The van der Waals surface area contributed by atoms with Crippen molar-refractivity contribution in [1.82, 2.24) is 0 Å². The molecule has 2 heterocycles. The summed E-state index contributed by atoms with van der Waals surface area (Å²) in [7, 11) is -7.81. The van der Waals surface area contributed by atoms with Crippen molar-refractivity contribution in [3.8, 4) is 0 Å². The lowest BCUT2D eigenvalue weighted by Gasteiger charge is -2.17. The molecule has 8 aromatic rings. The highest BCUT2D eigenvalue weighted by Gasteiger charge is 2.38. The molecule has 0 spiro atoms. The van der Waals surface area contributed by atoms with Crippen molar-refractivity contribution >= 4 is 121 Å². The van der Waals surface area contributed by atoms with Crippen molar-refractivity contribution < 1.29 is 61.4 Å². The maximum atomic E-state index is 10.7. The number of hydrogen-bond acceptors (Lipinski definition) is 6. The molecule has 0 N–H and O–H groups in total. The molecule has 0 radical (unpaired) electrons. The van der Waals surface area contributed by atoms with E-state index in [1.54, 1.807) is 0 Å². The fraction of sp³-hybridized carbons (Fsp3) is 0.116. The summed E-state index contributed by atoms with van der Waals surface area (Å²) in [5, 5.41) is 7.70. The maximum Gasteiger partial charge on any atom is 0.485 e. The van der Waals surface area contributed by atoms with Gasteiger partial charge in [0, 0.05) is 35.4 Å². The van der Waals surface area contributed by atoms with E-state index in [-0.39, 0.29) is 0 Å². The van der Waals surface area contributed by atoms with Gasteiger partial charge >= 0.3 is 11.0 Å². The Balaban J connectivity index is 0.000000269. The van der Waals surface area contributed by atoms with Gasteiger partial charge in [0.25, 0.3) is 0 Å². The molecule has 0 fully saturated rings. The predicted octanol–water partition coefficient (Wildman–Crippen LogP) is 10.5. The van der Waals surface area contributed by atoms with Crippen LogP contribution in [0.3, 0.4) is 0 Å². The number of aryl methyl sites for hydroxylation is 2. The van der Waals surface area contributed by atoms with E-state index in [0.717, 1.165) is 0 Å². The van der Waals surface area contributed by atoms with Crippen LogP contribution in [0.1, 0.15) is 22.3 Å². The van der Waals surface area contributed by atoms with Gasteiger partial charge < -0.3 is 9.11 Å². The van der Waals surface area contributed by atoms with Gasteiger partial charge in [-0.15, -0.1) is 0 Å². The third kappa shape index (κ3) is 9.04. The Morgan fingerprint density at radius 2 is 0.710 bits per heavy atom. The molecule has 9 rings (SSSR count). The van der Waals surface area contributed by atoms with Crippen molar-refractivity contribution in [2.24, 2.45) is 14.1 Å². The molecule has 2 aromatic heterocycles. The van der Waals surface area contributed by atoms with E-state index in [1.165, 1.54) is 87.8 Å². The summed E-state index contributed by atoms with van der Waals surface area (Å²) < 4.78 is 122. The van der Waals surface area contributed by atoms with Gasteiger partial charge in [-0.25, -0.2) is 16.8 Å². The number of nitrogens with zero attached hydrogens (tertiary/aromatic N) is 2. The van der Waals surface area contributed by atoms with E-state index < -0.39 is 35.5 Å². The second-order valence-electron chi connectivity index (χ2n) is 13.4. The molecule has 0 unspecified atom stereocenters. The maximum absolute atomic E-state index is 10.7. The normalized spacial score (nSPS) is 12.9. The van der Waals surface area contributed by atoms with Crippen LogP contribution in [0.25, 0.3) is 65.5 Å². The summed E-state index contributed by atoms with van der Waals surface area (Å²) in [6.45, 7) is 0. The van der Waals surface area contributed by atoms with Crippen LogP contribution in [0.4, 0.5) is 26.3 Å². The zero-order valence-corrected chi connectivity index (χ0v) is 35.7. The van der Waals surface area contributed by atoms with Crippen LogP contribution in [0.5, 0.6) is 0 Å². The average molecular weight is 954 g/mol. The fourth-order valence-electron chi connectivity index (χ4n) is 7.54. The Bertz CT molecular complexity index is 2980. The Morgan fingerprint density at radius 3 is 0.952 bits per heavy atom. The molecule has 0 amide bonds. The van der Waals surface area contributed by atoms with Crippen molar-refractivity contribution in [2.45, 2.75) is 15.3 Å². The average Bonchev–Trinajstić information content (AvgIpc) is 3.52. The van der Waals surface area contributed by atoms with E-state index in [4.69, 9.17) is 60.7 Å². The van der Waals surface area contributed by atoms with Crippen LogP contribution >= 0.6 is 34.8 Å². The lowest BCUT2D eigenvalue weighted by molar-refractivity contribution is -0.617. The third-order valence-corrected chi connectivity index (χ3v) is 11.0. The summed E-state index contributed by atoms with van der Waals surface area (Å²) in [4.78, 5) is 0. The summed E-state index contributed by atoms with van der Waals surface area (Å²) in [5.41, 5.74) is 1.50. The van der Waals surface area contributed by atoms with Gasteiger partial charge in [0.2, 0.25) is 22.1 Å². The largest absolute Gasteiger partial charge is 0.741 e. The Morgan fingerprint density at radius 1 is 0.468 bits per heavy atom. The van der Waals surface area contributed by atoms with E-state index >= 15 is 0 Å². The van der Waals surface area contributed by atoms with E-state index in [1.807, 2.05) is 0 Å². The molecule has 1 aliphatic carbocycles. The second kappa shape index (κ2) is 17.6. The summed E-state index contributed by atoms with van der Waals surface area (Å²) in [6.07, 6.45) is 0. The number of hydrogen-bond donors (Lipinski definition) is 0. The monoisotopic (exact) mass is 952 g/mol. The molecule has 62 heavy (non-hydrogen) atoms. The number of pyridine rings is 2. The Labute approximate surface area is 365 Å². The fourth-order valence-corrected chi connectivity index (χ4v) is 7.54. The highest BCUT2D eigenvalue weighted by molar-refractivity contribution is 7.86. The number of rotatable bonds is 2. The van der Waals surface area contributed by atoms with Gasteiger partial charge in [0.15, 0.2) is 24.5 Å². The number of benzene rings is 6. The Hall–Kier alpha value is -5.07. The van der Waals surface area contributed by atoms with Gasteiger partial charge in [0.1, 0.15) is 14.1 Å². The molecule has 0 bridgehead atoms. The van der Waals surface area contributed by atoms with Crippen molar-refractivity contribution in [3.63, 3.8) is 0 Å². The van der Waals surface area contributed by atoms with Crippen LogP contribution in [0.2, 0.25) is 0 Å². The molecule has 8 nitrogen and oxygen atoms in total. The SMILES string of the molecule is C[n+]1c2ccccc2c(C2=C(c3c4ccccc4[n+](C)c4ccccc34)c3cccc4cccc2c34)c2ccccc21.ClC(Cl)Cl.O=S(=O)([O-])C(F)(F)F.O=S(=O)([O-])C(F)(F)F. The van der Waals surface area contributed by atoms with Crippen molar-refractivity contribution in [3.05, 3.63) is 156 Å². The van der Waals surface area contributed by atoms with E-state index in [2.05, 4.69) is 157 Å². The minimum absolute atomic E-state index is 0.750.